The summed E-state index contributed by atoms with van der Waals surface area (Å²) in [6.07, 6.45) is 0. The minimum absolute atomic E-state index is 0.139. The van der Waals surface area contributed by atoms with Crippen LogP contribution in [0.2, 0.25) is 0 Å². The molecule has 3 aromatic rings. The molecule has 1 N–H and O–H groups in total. The Morgan fingerprint density at radius 1 is 1.29 bits per heavy atom. The van der Waals surface area contributed by atoms with Gasteiger partial charge < -0.3 is 9.72 Å². The zero-order valence-corrected chi connectivity index (χ0v) is 11.9. The first-order valence-corrected chi connectivity index (χ1v) is 6.53. The second-order valence-corrected chi connectivity index (χ2v) is 4.81. The van der Waals surface area contributed by atoms with Gasteiger partial charge in [0.15, 0.2) is 16.3 Å². The van der Waals surface area contributed by atoms with Gasteiger partial charge in [-0.25, -0.2) is 4.39 Å². The summed E-state index contributed by atoms with van der Waals surface area (Å²) >= 11 is 5.32. The number of H-pyrrole nitrogens is 1. The Bertz CT molecular complexity index is 936. The number of rotatable bonds is 2. The van der Waals surface area contributed by atoms with Crippen molar-refractivity contribution in [2.45, 2.75) is 0 Å². The standard InChI is InChI=1S/C15H10FN3OS/c1-20-14-7-10(3-4-11(14)16)19-13-6-9(8-17)2-5-12(13)18-15(19)21/h2-7H,1H3,(H,18,21). The number of imidazole rings is 1. The van der Waals surface area contributed by atoms with Crippen molar-refractivity contribution in [3.8, 4) is 17.5 Å². The lowest BCUT2D eigenvalue weighted by atomic mass is 10.2. The van der Waals surface area contributed by atoms with Crippen LogP contribution in [-0.4, -0.2) is 16.7 Å². The molecule has 0 atom stereocenters. The largest absolute Gasteiger partial charge is 0.494 e. The van der Waals surface area contributed by atoms with Crippen LogP contribution in [0.15, 0.2) is 36.4 Å². The lowest BCUT2D eigenvalue weighted by Crippen LogP contribution is -1.97. The first kappa shape index (κ1) is 13.3. The molecule has 3 rings (SSSR count). The number of nitrogens with one attached hydrogen (secondary N) is 1. The molecule has 0 spiro atoms. The number of nitriles is 1. The molecule has 0 fully saturated rings. The van der Waals surface area contributed by atoms with Crippen LogP contribution in [-0.2, 0) is 0 Å². The van der Waals surface area contributed by atoms with Crippen molar-refractivity contribution in [3.63, 3.8) is 0 Å². The van der Waals surface area contributed by atoms with E-state index < -0.39 is 5.82 Å². The summed E-state index contributed by atoms with van der Waals surface area (Å²) in [5.41, 5.74) is 2.76. The molecule has 2 aromatic carbocycles. The van der Waals surface area contributed by atoms with E-state index in [9.17, 15) is 4.39 Å². The summed E-state index contributed by atoms with van der Waals surface area (Å²) in [6.45, 7) is 0. The first-order chi connectivity index (χ1) is 10.1. The molecule has 104 valence electrons. The van der Waals surface area contributed by atoms with Crippen LogP contribution in [0.3, 0.4) is 0 Å². The van der Waals surface area contributed by atoms with E-state index in [4.69, 9.17) is 22.2 Å². The van der Waals surface area contributed by atoms with Crippen molar-refractivity contribution in [1.29, 1.82) is 5.26 Å². The molecular weight excluding hydrogens is 289 g/mol. The van der Waals surface area contributed by atoms with Crippen molar-refractivity contribution >= 4 is 23.3 Å². The smallest absolute Gasteiger partial charge is 0.182 e. The normalized spacial score (nSPS) is 10.5. The number of benzene rings is 2. The van der Waals surface area contributed by atoms with Crippen molar-refractivity contribution in [2.24, 2.45) is 0 Å². The fourth-order valence-electron chi connectivity index (χ4n) is 2.22. The maximum atomic E-state index is 13.5. The lowest BCUT2D eigenvalue weighted by molar-refractivity contribution is 0.386. The van der Waals surface area contributed by atoms with Crippen LogP contribution < -0.4 is 4.74 Å². The SMILES string of the molecule is COc1cc(-n2c(=S)[nH]c3ccc(C#N)cc32)ccc1F. The molecular formula is C15H10FN3OS. The van der Waals surface area contributed by atoms with Gasteiger partial charge in [-0.1, -0.05) is 0 Å². The van der Waals surface area contributed by atoms with E-state index in [0.29, 0.717) is 16.0 Å². The second-order valence-electron chi connectivity index (χ2n) is 4.43. The summed E-state index contributed by atoms with van der Waals surface area (Å²) in [6, 6.07) is 11.8. The molecule has 0 radical (unpaired) electrons. The topological polar surface area (TPSA) is 53.7 Å². The molecule has 0 aliphatic rings. The van der Waals surface area contributed by atoms with E-state index in [1.54, 1.807) is 34.9 Å². The van der Waals surface area contributed by atoms with Gasteiger partial charge in [-0.3, -0.25) is 4.57 Å². The molecule has 0 saturated carbocycles. The van der Waals surface area contributed by atoms with Crippen molar-refractivity contribution in [1.82, 2.24) is 9.55 Å². The van der Waals surface area contributed by atoms with Crippen LogP contribution in [0.4, 0.5) is 4.39 Å². The van der Waals surface area contributed by atoms with Gasteiger partial charge in [-0.2, -0.15) is 5.26 Å². The Labute approximate surface area is 125 Å². The Morgan fingerprint density at radius 3 is 2.81 bits per heavy atom. The fourth-order valence-corrected chi connectivity index (χ4v) is 2.53. The molecule has 1 aromatic heterocycles. The van der Waals surface area contributed by atoms with E-state index in [2.05, 4.69) is 11.1 Å². The average molecular weight is 299 g/mol. The third-order valence-corrected chi connectivity index (χ3v) is 3.49. The summed E-state index contributed by atoms with van der Waals surface area (Å²) in [7, 11) is 1.41. The zero-order valence-electron chi connectivity index (χ0n) is 11.1. The first-order valence-electron chi connectivity index (χ1n) is 6.13. The number of nitrogens with zero attached hydrogens (tertiary/aromatic N) is 2. The summed E-state index contributed by atoms with van der Waals surface area (Å²) in [4.78, 5) is 3.06. The third-order valence-electron chi connectivity index (χ3n) is 3.21. The van der Waals surface area contributed by atoms with Gasteiger partial charge in [-0.05, 0) is 42.5 Å². The maximum absolute atomic E-state index is 13.5. The molecule has 0 saturated heterocycles. The average Bonchev–Trinajstić information content (AvgIpc) is 2.82. The Kier molecular flexibility index (Phi) is 3.20. The fraction of sp³-hybridized carbons (Fsp3) is 0.0667. The summed E-state index contributed by atoms with van der Waals surface area (Å²) in [5.74, 6) is -0.300. The lowest BCUT2D eigenvalue weighted by Gasteiger charge is -2.08. The molecule has 0 aliphatic heterocycles. The van der Waals surface area contributed by atoms with Gasteiger partial charge >= 0.3 is 0 Å². The molecule has 1 heterocycles. The van der Waals surface area contributed by atoms with E-state index >= 15 is 0 Å². The second kappa shape index (κ2) is 5.04. The van der Waals surface area contributed by atoms with E-state index in [-0.39, 0.29) is 5.75 Å². The monoisotopic (exact) mass is 299 g/mol. The van der Waals surface area contributed by atoms with Crippen molar-refractivity contribution in [3.05, 3.63) is 52.5 Å². The number of ether oxygens (including phenoxy) is 1. The summed E-state index contributed by atoms with van der Waals surface area (Å²) in [5, 5.41) is 9.02. The van der Waals surface area contributed by atoms with Crippen LogP contribution in [0.1, 0.15) is 5.56 Å². The van der Waals surface area contributed by atoms with Gasteiger partial charge in [-0.15, -0.1) is 0 Å². The minimum Gasteiger partial charge on any atom is -0.494 e. The minimum atomic E-state index is -0.440. The zero-order chi connectivity index (χ0) is 15.0. The van der Waals surface area contributed by atoms with E-state index in [1.807, 2.05) is 0 Å². The molecule has 0 amide bonds. The highest BCUT2D eigenvalue weighted by Gasteiger charge is 2.10. The maximum Gasteiger partial charge on any atom is 0.182 e. The molecule has 4 nitrogen and oxygen atoms in total. The Balaban J connectivity index is 2.32. The van der Waals surface area contributed by atoms with E-state index in [0.717, 1.165) is 11.0 Å². The van der Waals surface area contributed by atoms with Crippen molar-refractivity contribution in [2.75, 3.05) is 7.11 Å². The number of fused-ring (bicyclic) bond motifs is 1. The number of methoxy groups -OCH3 is 1. The van der Waals surface area contributed by atoms with Gasteiger partial charge in [0.1, 0.15) is 0 Å². The number of aromatic nitrogens is 2. The number of hydrogen-bond donors (Lipinski definition) is 1. The summed E-state index contributed by atoms with van der Waals surface area (Å²) < 4.78 is 20.7. The van der Waals surface area contributed by atoms with Crippen molar-refractivity contribution < 1.29 is 9.13 Å². The Hall–Kier alpha value is -2.65. The van der Waals surface area contributed by atoms with Gasteiger partial charge in [0.05, 0.1) is 35.5 Å². The third kappa shape index (κ3) is 2.18. The molecule has 0 unspecified atom stereocenters. The Morgan fingerprint density at radius 2 is 2.10 bits per heavy atom. The number of aromatic amines is 1. The van der Waals surface area contributed by atoms with Gasteiger partial charge in [0.25, 0.3) is 0 Å². The van der Waals surface area contributed by atoms with Crippen LogP contribution in [0.25, 0.3) is 16.7 Å². The van der Waals surface area contributed by atoms with Crippen LogP contribution in [0.5, 0.6) is 5.75 Å². The molecule has 21 heavy (non-hydrogen) atoms. The van der Waals surface area contributed by atoms with Gasteiger partial charge in [0.2, 0.25) is 0 Å². The van der Waals surface area contributed by atoms with Crippen LogP contribution >= 0.6 is 12.2 Å². The predicted molar refractivity (Wildman–Crippen MR) is 79.7 cm³/mol. The molecule has 6 heteroatoms. The highest BCUT2D eigenvalue weighted by Crippen LogP contribution is 2.25. The number of halogens is 1. The molecule has 0 aliphatic carbocycles. The number of hydrogen-bond acceptors (Lipinski definition) is 3. The molecule has 0 bridgehead atoms. The predicted octanol–water partition coefficient (Wildman–Crippen LogP) is 3.71. The highest BCUT2D eigenvalue weighted by molar-refractivity contribution is 7.71. The van der Waals surface area contributed by atoms with Gasteiger partial charge in [0, 0.05) is 6.07 Å². The highest BCUT2D eigenvalue weighted by atomic mass is 32.1. The van der Waals surface area contributed by atoms with Crippen LogP contribution in [0, 0.1) is 21.9 Å². The van der Waals surface area contributed by atoms with E-state index in [1.165, 1.54) is 13.2 Å². The quantitative estimate of drug-likeness (QED) is 0.734.